The molecule has 30 heavy (non-hydrogen) atoms. The molecule has 0 saturated carbocycles. The molecule has 3 aromatic rings. The Morgan fingerprint density at radius 3 is 2.57 bits per heavy atom. The third kappa shape index (κ3) is 3.41. The summed E-state index contributed by atoms with van der Waals surface area (Å²) in [6, 6.07) is 24.7. The van der Waals surface area contributed by atoms with Gasteiger partial charge in [-0.2, -0.15) is 0 Å². The van der Waals surface area contributed by atoms with Gasteiger partial charge in [-0.25, -0.2) is 0 Å². The quantitative estimate of drug-likeness (QED) is 0.380. The van der Waals surface area contributed by atoms with Gasteiger partial charge in [0.1, 0.15) is 0 Å². The summed E-state index contributed by atoms with van der Waals surface area (Å²) in [7, 11) is 0. The summed E-state index contributed by atoms with van der Waals surface area (Å²) in [5.74, 6) is 0.712. The molecule has 3 atom stereocenters. The topological polar surface area (TPSA) is 41.1 Å². The van der Waals surface area contributed by atoms with Crippen molar-refractivity contribution in [3.63, 3.8) is 0 Å². The first-order chi connectivity index (χ1) is 14.7. The van der Waals surface area contributed by atoms with Crippen molar-refractivity contribution < 1.29 is 4.79 Å². The largest absolute Gasteiger partial charge is 0.377 e. The zero-order valence-corrected chi connectivity index (χ0v) is 17.7. The monoisotopic (exact) mass is 412 g/mol. The molecule has 150 valence electrons. The number of hydrogen-bond acceptors (Lipinski definition) is 3. The summed E-state index contributed by atoms with van der Waals surface area (Å²) in [4.78, 5) is 14.4. The molecule has 0 saturated heterocycles. The molecule has 5 rings (SSSR count). The minimum absolute atomic E-state index is 0.0811. The van der Waals surface area contributed by atoms with Crippen molar-refractivity contribution in [1.82, 2.24) is 0 Å². The number of amides is 1. The zero-order valence-electron chi connectivity index (χ0n) is 16.8. The summed E-state index contributed by atoms with van der Waals surface area (Å²) in [5.41, 5.74) is 4.94. The Labute approximate surface area is 181 Å². The second kappa shape index (κ2) is 8.04. The van der Waals surface area contributed by atoms with E-state index in [0.29, 0.717) is 17.4 Å². The minimum atomic E-state index is -0.0811. The summed E-state index contributed by atoms with van der Waals surface area (Å²) >= 11 is 1.75. The average molecular weight is 413 g/mol. The highest BCUT2D eigenvalue weighted by Gasteiger charge is 2.39. The van der Waals surface area contributed by atoms with Crippen LogP contribution in [0.5, 0.6) is 0 Å². The molecule has 0 aromatic heterocycles. The van der Waals surface area contributed by atoms with Gasteiger partial charge >= 0.3 is 0 Å². The number of benzene rings is 3. The highest BCUT2D eigenvalue weighted by atomic mass is 32.2. The van der Waals surface area contributed by atoms with Gasteiger partial charge in [-0.15, -0.1) is 11.8 Å². The number of allylic oxidation sites excluding steroid dienone is 2. The van der Waals surface area contributed by atoms with Gasteiger partial charge < -0.3 is 10.6 Å². The number of hydrogen-bond donors (Lipinski definition) is 2. The van der Waals surface area contributed by atoms with E-state index >= 15 is 0 Å². The molecule has 0 radical (unpaired) electrons. The van der Waals surface area contributed by atoms with Crippen LogP contribution < -0.4 is 10.6 Å². The van der Waals surface area contributed by atoms with Gasteiger partial charge in [-0.1, -0.05) is 54.6 Å². The van der Waals surface area contributed by atoms with Crippen LogP contribution in [0.15, 0.2) is 89.8 Å². The molecule has 0 fully saturated rings. The third-order valence-electron chi connectivity index (χ3n) is 6.15. The Hall–Kier alpha value is -2.98. The highest BCUT2D eigenvalue weighted by Crippen LogP contribution is 2.50. The molecular formula is C26H24N2OS. The number of nitrogens with one attached hydrogen (secondary N) is 2. The van der Waals surface area contributed by atoms with E-state index in [4.69, 9.17) is 0 Å². The van der Waals surface area contributed by atoms with Gasteiger partial charge in [-0.05, 0) is 60.1 Å². The lowest BCUT2D eigenvalue weighted by Crippen LogP contribution is -2.30. The fourth-order valence-corrected chi connectivity index (χ4v) is 5.08. The predicted octanol–water partition coefficient (Wildman–Crippen LogP) is 6.49. The van der Waals surface area contributed by atoms with Crippen molar-refractivity contribution in [2.45, 2.75) is 23.3 Å². The van der Waals surface area contributed by atoms with Gasteiger partial charge in [0.25, 0.3) is 5.91 Å². The first-order valence-corrected chi connectivity index (χ1v) is 11.5. The van der Waals surface area contributed by atoms with Gasteiger partial charge in [0.2, 0.25) is 0 Å². The van der Waals surface area contributed by atoms with Crippen molar-refractivity contribution in [3.05, 3.63) is 102 Å². The molecule has 2 aliphatic rings. The number of anilines is 2. The Morgan fingerprint density at radius 2 is 1.80 bits per heavy atom. The molecule has 1 aliphatic carbocycles. The molecule has 3 nitrogen and oxygen atoms in total. The SMILES string of the molecule is CSc1ccc(C2Nc3c(C(=O)Nc4ccccc4)cccc3C3C=CCC32)cc1. The highest BCUT2D eigenvalue weighted by molar-refractivity contribution is 7.98. The summed E-state index contributed by atoms with van der Waals surface area (Å²) in [6.07, 6.45) is 7.74. The maximum Gasteiger partial charge on any atom is 0.257 e. The molecular weight excluding hydrogens is 388 g/mol. The van der Waals surface area contributed by atoms with Gasteiger partial charge in [-0.3, -0.25) is 4.79 Å². The molecule has 3 aromatic carbocycles. The molecule has 0 bridgehead atoms. The van der Waals surface area contributed by atoms with Crippen molar-refractivity contribution in [1.29, 1.82) is 0 Å². The second-order valence-electron chi connectivity index (χ2n) is 7.84. The molecule has 2 N–H and O–H groups in total. The van der Waals surface area contributed by atoms with Crippen molar-refractivity contribution in [2.24, 2.45) is 5.92 Å². The molecule has 1 aliphatic heterocycles. The lowest BCUT2D eigenvalue weighted by atomic mass is 9.76. The van der Waals surface area contributed by atoms with Crippen molar-refractivity contribution >= 4 is 29.0 Å². The van der Waals surface area contributed by atoms with E-state index in [1.54, 1.807) is 11.8 Å². The zero-order chi connectivity index (χ0) is 20.5. The maximum atomic E-state index is 13.1. The van der Waals surface area contributed by atoms with Gasteiger partial charge in [0, 0.05) is 16.5 Å². The Bertz CT molecular complexity index is 1090. The van der Waals surface area contributed by atoms with Crippen LogP contribution in [0.25, 0.3) is 0 Å². The molecule has 0 spiro atoms. The fraction of sp³-hybridized carbons (Fsp3) is 0.192. The van der Waals surface area contributed by atoms with E-state index in [1.807, 2.05) is 42.5 Å². The first kappa shape index (κ1) is 19.0. The maximum absolute atomic E-state index is 13.1. The van der Waals surface area contributed by atoms with Crippen LogP contribution in [0.4, 0.5) is 11.4 Å². The van der Waals surface area contributed by atoms with E-state index in [0.717, 1.165) is 17.8 Å². The fourth-order valence-electron chi connectivity index (χ4n) is 4.67. The summed E-state index contributed by atoms with van der Waals surface area (Å²) in [5, 5.41) is 6.79. The van der Waals surface area contributed by atoms with Gasteiger partial charge in [0.05, 0.1) is 17.3 Å². The van der Waals surface area contributed by atoms with Crippen LogP contribution >= 0.6 is 11.8 Å². The Balaban J connectivity index is 1.52. The molecule has 3 unspecified atom stereocenters. The predicted molar refractivity (Wildman–Crippen MR) is 125 cm³/mol. The van der Waals surface area contributed by atoms with Crippen LogP contribution in [-0.4, -0.2) is 12.2 Å². The lowest BCUT2D eigenvalue weighted by Gasteiger charge is -2.38. The first-order valence-electron chi connectivity index (χ1n) is 10.3. The Morgan fingerprint density at radius 1 is 1.00 bits per heavy atom. The smallest absolute Gasteiger partial charge is 0.257 e. The number of rotatable bonds is 4. The van der Waals surface area contributed by atoms with Crippen LogP contribution in [0, 0.1) is 5.92 Å². The average Bonchev–Trinajstić information content (AvgIpc) is 3.29. The number of thioether (sulfide) groups is 1. The summed E-state index contributed by atoms with van der Waals surface area (Å²) in [6.45, 7) is 0. The molecule has 1 heterocycles. The summed E-state index contributed by atoms with van der Waals surface area (Å²) < 4.78 is 0. The minimum Gasteiger partial charge on any atom is -0.377 e. The van der Waals surface area contributed by atoms with Crippen LogP contribution in [0.3, 0.4) is 0 Å². The number of fused-ring (bicyclic) bond motifs is 3. The number of carbonyl (C=O) groups excluding carboxylic acids is 1. The number of para-hydroxylation sites is 2. The second-order valence-corrected chi connectivity index (χ2v) is 8.72. The number of carbonyl (C=O) groups is 1. The van der Waals surface area contributed by atoms with Crippen molar-refractivity contribution in [3.8, 4) is 0 Å². The van der Waals surface area contributed by atoms with Crippen LogP contribution in [0.2, 0.25) is 0 Å². The van der Waals surface area contributed by atoms with Crippen LogP contribution in [0.1, 0.15) is 39.9 Å². The van der Waals surface area contributed by atoms with Crippen LogP contribution in [-0.2, 0) is 0 Å². The third-order valence-corrected chi connectivity index (χ3v) is 6.89. The van der Waals surface area contributed by atoms with E-state index < -0.39 is 0 Å². The van der Waals surface area contributed by atoms with Crippen molar-refractivity contribution in [2.75, 3.05) is 16.9 Å². The molecule has 1 amide bonds. The van der Waals surface area contributed by atoms with E-state index in [1.165, 1.54) is 16.0 Å². The molecule has 4 heteroatoms. The standard InChI is InChI=1S/C26H24N2OS/c1-30-19-15-13-17(14-16-19)24-21-10-5-9-20(21)22-11-6-12-23(25(22)28-24)26(29)27-18-7-3-2-4-8-18/h2-9,11-16,20-21,24,28H,10H2,1H3,(H,27,29). The van der Waals surface area contributed by atoms with E-state index in [-0.39, 0.29) is 11.9 Å². The lowest BCUT2D eigenvalue weighted by molar-refractivity contribution is 0.102. The van der Waals surface area contributed by atoms with Gasteiger partial charge in [0.15, 0.2) is 0 Å². The van der Waals surface area contributed by atoms with E-state index in [2.05, 4.69) is 59.4 Å². The van der Waals surface area contributed by atoms with E-state index in [9.17, 15) is 4.79 Å². The Kier molecular flexibility index (Phi) is 5.09. The normalized spacial score (nSPS) is 21.4.